The number of rotatable bonds is 6. The molecule has 0 saturated carbocycles. The third-order valence-corrected chi connectivity index (χ3v) is 4.93. The number of anilines is 2. The second-order valence-corrected chi connectivity index (χ2v) is 6.80. The molecule has 1 aliphatic heterocycles. The van der Waals surface area contributed by atoms with E-state index < -0.39 is 0 Å². The van der Waals surface area contributed by atoms with Crippen molar-refractivity contribution >= 4 is 23.2 Å². The first-order chi connectivity index (χ1) is 13.7. The summed E-state index contributed by atoms with van der Waals surface area (Å²) >= 11 is 0. The zero-order chi connectivity index (χ0) is 19.5. The molecule has 0 aliphatic carbocycles. The van der Waals surface area contributed by atoms with Gasteiger partial charge in [0.2, 0.25) is 5.91 Å². The standard InChI is InChI=1S/C20H22FN5O2/c1-28-11-9-20(27)23-19-13-22-17-7-8-18(24-26(17)19)25-10-3-6-16(25)14-4-2-5-15(21)12-14/h2,4-5,7-8,12-13,16H,3,6,9-11H2,1H3,(H,23,27). The quantitative estimate of drug-likeness (QED) is 0.708. The summed E-state index contributed by atoms with van der Waals surface area (Å²) in [4.78, 5) is 18.5. The minimum atomic E-state index is -0.233. The number of nitrogens with one attached hydrogen (secondary N) is 1. The number of carbonyl (C=O) groups excluding carboxylic acids is 1. The van der Waals surface area contributed by atoms with E-state index in [9.17, 15) is 9.18 Å². The Morgan fingerprint density at radius 2 is 2.25 bits per heavy atom. The van der Waals surface area contributed by atoms with Crippen molar-refractivity contribution in [2.75, 3.05) is 30.5 Å². The van der Waals surface area contributed by atoms with Gasteiger partial charge in [0, 0.05) is 13.7 Å². The fourth-order valence-electron chi connectivity index (χ4n) is 3.60. The zero-order valence-electron chi connectivity index (χ0n) is 15.6. The number of carbonyl (C=O) groups is 1. The van der Waals surface area contributed by atoms with Gasteiger partial charge in [0.05, 0.1) is 25.3 Å². The van der Waals surface area contributed by atoms with Gasteiger partial charge in [-0.2, -0.15) is 4.52 Å². The number of halogens is 1. The van der Waals surface area contributed by atoms with Gasteiger partial charge in [-0.05, 0) is 42.7 Å². The van der Waals surface area contributed by atoms with Crippen LogP contribution in [0.5, 0.6) is 0 Å². The lowest BCUT2D eigenvalue weighted by Crippen LogP contribution is -2.24. The van der Waals surface area contributed by atoms with Crippen LogP contribution in [0, 0.1) is 5.82 Å². The molecule has 28 heavy (non-hydrogen) atoms. The molecule has 1 unspecified atom stereocenters. The first-order valence-electron chi connectivity index (χ1n) is 9.31. The van der Waals surface area contributed by atoms with E-state index >= 15 is 0 Å². The molecule has 2 aromatic heterocycles. The molecule has 0 bridgehead atoms. The Balaban J connectivity index is 1.61. The maximum absolute atomic E-state index is 13.7. The number of imidazole rings is 1. The van der Waals surface area contributed by atoms with Crippen LogP contribution in [-0.4, -0.2) is 40.8 Å². The highest BCUT2D eigenvalue weighted by Crippen LogP contribution is 2.35. The molecule has 1 aliphatic rings. The zero-order valence-corrected chi connectivity index (χ0v) is 15.6. The highest BCUT2D eigenvalue weighted by atomic mass is 19.1. The van der Waals surface area contributed by atoms with Crippen molar-refractivity contribution in [1.29, 1.82) is 0 Å². The number of ether oxygens (including phenoxy) is 1. The molecule has 1 aromatic carbocycles. The van der Waals surface area contributed by atoms with Gasteiger partial charge in [0.1, 0.15) is 11.6 Å². The summed E-state index contributed by atoms with van der Waals surface area (Å²) in [5, 5.41) is 7.51. The van der Waals surface area contributed by atoms with Crippen LogP contribution in [0.3, 0.4) is 0 Å². The fraction of sp³-hybridized carbons (Fsp3) is 0.350. The number of aromatic nitrogens is 3. The molecule has 1 amide bonds. The first-order valence-corrected chi connectivity index (χ1v) is 9.31. The summed E-state index contributed by atoms with van der Waals surface area (Å²) in [6.45, 7) is 1.19. The van der Waals surface area contributed by atoms with E-state index in [1.54, 1.807) is 30.0 Å². The second kappa shape index (κ2) is 7.93. The van der Waals surface area contributed by atoms with E-state index in [4.69, 9.17) is 4.74 Å². The second-order valence-electron chi connectivity index (χ2n) is 6.80. The molecule has 1 atom stereocenters. The van der Waals surface area contributed by atoms with E-state index in [2.05, 4.69) is 20.3 Å². The predicted molar refractivity (Wildman–Crippen MR) is 104 cm³/mol. The van der Waals surface area contributed by atoms with Crippen molar-refractivity contribution in [3.63, 3.8) is 0 Å². The molecule has 7 nitrogen and oxygen atoms in total. The van der Waals surface area contributed by atoms with Gasteiger partial charge in [0.15, 0.2) is 11.5 Å². The van der Waals surface area contributed by atoms with Crippen LogP contribution in [0.25, 0.3) is 5.65 Å². The van der Waals surface area contributed by atoms with Crippen LogP contribution in [0.2, 0.25) is 0 Å². The fourth-order valence-corrected chi connectivity index (χ4v) is 3.60. The number of nitrogens with zero attached hydrogens (tertiary/aromatic N) is 4. The van der Waals surface area contributed by atoms with E-state index in [0.29, 0.717) is 18.1 Å². The van der Waals surface area contributed by atoms with Crippen LogP contribution < -0.4 is 10.2 Å². The Kier molecular flexibility index (Phi) is 5.21. The molecule has 1 fully saturated rings. The Morgan fingerprint density at radius 3 is 3.07 bits per heavy atom. The molecule has 0 spiro atoms. The van der Waals surface area contributed by atoms with Crippen LogP contribution in [-0.2, 0) is 9.53 Å². The highest BCUT2D eigenvalue weighted by molar-refractivity contribution is 5.90. The molecular weight excluding hydrogens is 361 g/mol. The van der Waals surface area contributed by atoms with Gasteiger partial charge < -0.3 is 15.0 Å². The summed E-state index contributed by atoms with van der Waals surface area (Å²) in [7, 11) is 1.56. The van der Waals surface area contributed by atoms with Crippen molar-refractivity contribution in [2.45, 2.75) is 25.3 Å². The molecule has 4 rings (SSSR count). The average molecular weight is 383 g/mol. The summed E-state index contributed by atoms with van der Waals surface area (Å²) in [5.41, 5.74) is 1.59. The maximum Gasteiger partial charge on any atom is 0.227 e. The van der Waals surface area contributed by atoms with Crippen LogP contribution in [0.1, 0.15) is 30.9 Å². The van der Waals surface area contributed by atoms with Gasteiger partial charge in [0.25, 0.3) is 0 Å². The summed E-state index contributed by atoms with van der Waals surface area (Å²) in [6, 6.07) is 10.6. The number of hydrogen-bond acceptors (Lipinski definition) is 5. The van der Waals surface area contributed by atoms with E-state index in [0.717, 1.165) is 30.8 Å². The third-order valence-electron chi connectivity index (χ3n) is 4.93. The third kappa shape index (κ3) is 3.68. The van der Waals surface area contributed by atoms with Gasteiger partial charge in [-0.3, -0.25) is 4.79 Å². The van der Waals surface area contributed by atoms with Crippen molar-refractivity contribution in [3.05, 3.63) is 54.0 Å². The van der Waals surface area contributed by atoms with Gasteiger partial charge >= 0.3 is 0 Å². The number of fused-ring (bicyclic) bond motifs is 1. The van der Waals surface area contributed by atoms with Gasteiger partial charge in [-0.1, -0.05) is 12.1 Å². The van der Waals surface area contributed by atoms with Crippen LogP contribution in [0.15, 0.2) is 42.6 Å². The molecule has 0 radical (unpaired) electrons. The summed E-state index contributed by atoms with van der Waals surface area (Å²) in [5.74, 6) is 0.891. The number of benzene rings is 1. The molecule has 3 aromatic rings. The highest BCUT2D eigenvalue weighted by Gasteiger charge is 2.28. The average Bonchev–Trinajstić information content (AvgIpc) is 3.33. The topological polar surface area (TPSA) is 71.8 Å². The van der Waals surface area contributed by atoms with Crippen LogP contribution in [0.4, 0.5) is 16.0 Å². The normalized spacial score (nSPS) is 16.6. The van der Waals surface area contributed by atoms with Crippen molar-refractivity contribution < 1.29 is 13.9 Å². The summed E-state index contributed by atoms with van der Waals surface area (Å²) in [6.07, 6.45) is 3.79. The van der Waals surface area contributed by atoms with Gasteiger partial charge in [-0.25, -0.2) is 9.37 Å². The molecular formula is C20H22FN5O2. The Bertz CT molecular complexity index is 990. The monoisotopic (exact) mass is 383 g/mol. The number of methoxy groups -OCH3 is 1. The lowest BCUT2D eigenvalue weighted by atomic mass is 10.0. The lowest BCUT2D eigenvalue weighted by Gasteiger charge is -2.26. The van der Waals surface area contributed by atoms with Crippen molar-refractivity contribution in [2.24, 2.45) is 0 Å². The molecule has 3 heterocycles. The molecule has 146 valence electrons. The SMILES string of the molecule is COCCC(=O)Nc1cnc2ccc(N3CCCC3c3cccc(F)c3)nn12. The van der Waals surface area contributed by atoms with Crippen molar-refractivity contribution in [3.8, 4) is 0 Å². The lowest BCUT2D eigenvalue weighted by molar-refractivity contribution is -0.117. The molecule has 1 saturated heterocycles. The molecule has 1 N–H and O–H groups in total. The largest absolute Gasteiger partial charge is 0.384 e. The molecule has 8 heteroatoms. The maximum atomic E-state index is 13.7. The van der Waals surface area contributed by atoms with Gasteiger partial charge in [-0.15, -0.1) is 5.10 Å². The van der Waals surface area contributed by atoms with Crippen molar-refractivity contribution in [1.82, 2.24) is 14.6 Å². The Morgan fingerprint density at radius 1 is 1.36 bits per heavy atom. The smallest absolute Gasteiger partial charge is 0.227 e. The number of hydrogen-bond donors (Lipinski definition) is 1. The van der Waals surface area contributed by atoms with E-state index in [1.165, 1.54) is 6.07 Å². The number of amides is 1. The van der Waals surface area contributed by atoms with E-state index in [1.807, 2.05) is 18.2 Å². The first kappa shape index (κ1) is 18.4. The Labute approximate surface area is 162 Å². The van der Waals surface area contributed by atoms with Crippen LogP contribution >= 0.6 is 0 Å². The minimum Gasteiger partial charge on any atom is -0.384 e. The minimum absolute atomic E-state index is 0.0731. The predicted octanol–water partition coefficient (Wildman–Crippen LogP) is 3.18. The summed E-state index contributed by atoms with van der Waals surface area (Å²) < 4.78 is 20.2. The van der Waals surface area contributed by atoms with E-state index in [-0.39, 0.29) is 24.2 Å². The Hall–Kier alpha value is -3.00.